The van der Waals surface area contributed by atoms with E-state index in [-0.39, 0.29) is 0 Å². The quantitative estimate of drug-likeness (QED) is 0.323. The Bertz CT molecular complexity index is 157. The third-order valence-electron chi connectivity index (χ3n) is 3.45. The van der Waals surface area contributed by atoms with Crippen LogP contribution >= 0.6 is 0 Å². The molecule has 0 rings (SSSR count). The summed E-state index contributed by atoms with van der Waals surface area (Å²) in [6, 6.07) is 0. The molecule has 0 aromatic rings. The van der Waals surface area contributed by atoms with Gasteiger partial charge in [-0.25, -0.2) is 0 Å². The monoisotopic (exact) mass is 237 g/mol. The molecule has 0 nitrogen and oxygen atoms in total. The van der Waals surface area contributed by atoms with Crippen LogP contribution in [0, 0.1) is 6.58 Å². The fraction of sp³-hybridized carbons (Fsp3) is 0.882. The van der Waals surface area contributed by atoms with Crippen LogP contribution in [0.15, 0.2) is 5.57 Å². The van der Waals surface area contributed by atoms with E-state index in [2.05, 4.69) is 13.8 Å². The van der Waals surface area contributed by atoms with E-state index in [9.17, 15) is 0 Å². The lowest BCUT2D eigenvalue weighted by Gasteiger charge is -2.05. The Morgan fingerprint density at radius 1 is 0.588 bits per heavy atom. The topological polar surface area (TPSA) is 0 Å². The van der Waals surface area contributed by atoms with Gasteiger partial charge in [-0.2, -0.15) is 0 Å². The van der Waals surface area contributed by atoms with Crippen molar-refractivity contribution in [1.29, 1.82) is 0 Å². The molecule has 0 aromatic heterocycles. The average Bonchev–Trinajstić information content (AvgIpc) is 2.33. The minimum absolute atomic E-state index is 1.17. The van der Waals surface area contributed by atoms with E-state index < -0.39 is 0 Å². The van der Waals surface area contributed by atoms with Crippen molar-refractivity contribution in [3.05, 3.63) is 12.2 Å². The Morgan fingerprint density at radius 3 is 1.35 bits per heavy atom. The van der Waals surface area contributed by atoms with Crippen molar-refractivity contribution in [3.63, 3.8) is 0 Å². The van der Waals surface area contributed by atoms with E-state index in [1.54, 1.807) is 0 Å². The van der Waals surface area contributed by atoms with Crippen LogP contribution in [0.4, 0.5) is 0 Å². The van der Waals surface area contributed by atoms with Gasteiger partial charge in [-0.05, 0) is 25.7 Å². The molecule has 17 heavy (non-hydrogen) atoms. The minimum atomic E-state index is 1.17. The van der Waals surface area contributed by atoms with Gasteiger partial charge in [0.25, 0.3) is 0 Å². The minimum Gasteiger partial charge on any atom is -0.0702 e. The largest absolute Gasteiger partial charge is 0.0702 e. The molecule has 0 amide bonds. The first kappa shape index (κ1) is 16.7. The molecule has 101 valence electrons. The smallest absolute Gasteiger partial charge is 0.0317 e. The molecule has 1 radical (unpaired) electrons. The summed E-state index contributed by atoms with van der Waals surface area (Å²) in [6.07, 6.45) is 17.3. The number of rotatable bonds is 13. The van der Waals surface area contributed by atoms with E-state index in [0.29, 0.717) is 0 Å². The molecule has 0 heteroatoms. The van der Waals surface area contributed by atoms with Gasteiger partial charge in [-0.1, -0.05) is 83.8 Å². The Kier molecular flexibility index (Phi) is 13.6. The highest BCUT2D eigenvalue weighted by molar-refractivity contribution is 4.90. The van der Waals surface area contributed by atoms with Crippen molar-refractivity contribution in [3.8, 4) is 0 Å². The summed E-state index contributed by atoms with van der Waals surface area (Å²) in [6.45, 7) is 10.6. The van der Waals surface area contributed by atoms with Crippen LogP contribution in [-0.2, 0) is 0 Å². The van der Waals surface area contributed by atoms with Gasteiger partial charge >= 0.3 is 0 Å². The molecule has 0 fully saturated rings. The van der Waals surface area contributed by atoms with Crippen molar-refractivity contribution < 1.29 is 0 Å². The molecule has 0 N–H and O–H groups in total. The molecule has 0 spiro atoms. The zero-order valence-electron chi connectivity index (χ0n) is 12.3. The summed E-state index contributed by atoms with van der Waals surface area (Å²) in [5.74, 6) is 0. The molecule has 0 saturated carbocycles. The second kappa shape index (κ2) is 13.8. The number of allylic oxidation sites excluding steroid dienone is 1. The normalized spacial score (nSPS) is 10.7. The molecule has 0 atom stereocenters. The third kappa shape index (κ3) is 13.7. The second-order valence-electron chi connectivity index (χ2n) is 5.34. The average molecular weight is 237 g/mol. The van der Waals surface area contributed by atoms with E-state index in [1.165, 1.54) is 89.0 Å². The lowest BCUT2D eigenvalue weighted by molar-refractivity contribution is 0.590. The first-order valence-electron chi connectivity index (χ1n) is 7.91. The fourth-order valence-corrected chi connectivity index (χ4v) is 2.21. The SMILES string of the molecule is [CH]=C(CCCCCCC)CCCCCCCC. The Morgan fingerprint density at radius 2 is 0.941 bits per heavy atom. The van der Waals surface area contributed by atoms with E-state index in [4.69, 9.17) is 6.58 Å². The maximum atomic E-state index is 6.05. The summed E-state index contributed by atoms with van der Waals surface area (Å²) in [5.41, 5.74) is 1.25. The predicted octanol–water partition coefficient (Wildman–Crippen LogP) is 6.46. The molecule has 0 aliphatic carbocycles. The van der Waals surface area contributed by atoms with Crippen LogP contribution in [0.3, 0.4) is 0 Å². The highest BCUT2D eigenvalue weighted by Crippen LogP contribution is 2.16. The highest BCUT2D eigenvalue weighted by atomic mass is 14.0. The second-order valence-corrected chi connectivity index (χ2v) is 5.34. The third-order valence-corrected chi connectivity index (χ3v) is 3.45. The molecule has 0 unspecified atom stereocenters. The van der Waals surface area contributed by atoms with Gasteiger partial charge in [0.15, 0.2) is 0 Å². The van der Waals surface area contributed by atoms with Crippen LogP contribution in [0.5, 0.6) is 0 Å². The van der Waals surface area contributed by atoms with Crippen LogP contribution in [0.2, 0.25) is 0 Å². The van der Waals surface area contributed by atoms with Crippen LogP contribution in [0.1, 0.15) is 97.3 Å². The summed E-state index contributed by atoms with van der Waals surface area (Å²) in [5, 5.41) is 0. The molecule has 0 aliphatic heterocycles. The lowest BCUT2D eigenvalue weighted by atomic mass is 10.0. The molecule has 0 aliphatic rings. The van der Waals surface area contributed by atoms with Crippen LogP contribution in [-0.4, -0.2) is 0 Å². The van der Waals surface area contributed by atoms with Crippen LogP contribution < -0.4 is 0 Å². The van der Waals surface area contributed by atoms with E-state index >= 15 is 0 Å². The van der Waals surface area contributed by atoms with Crippen molar-refractivity contribution >= 4 is 0 Å². The van der Waals surface area contributed by atoms with Crippen molar-refractivity contribution in [2.24, 2.45) is 0 Å². The molecule has 0 heterocycles. The van der Waals surface area contributed by atoms with Gasteiger partial charge in [-0.15, -0.1) is 0 Å². The standard InChI is InChI=1S/C17H33/c1-4-6-8-10-12-14-16-17(3)15-13-11-9-7-5-2/h3H,4-16H2,1-2H3. The van der Waals surface area contributed by atoms with Gasteiger partial charge in [0, 0.05) is 0 Å². The van der Waals surface area contributed by atoms with Gasteiger partial charge < -0.3 is 0 Å². The Labute approximate surface area is 110 Å². The summed E-state index contributed by atoms with van der Waals surface area (Å²) in [7, 11) is 0. The van der Waals surface area contributed by atoms with Crippen molar-refractivity contribution in [1.82, 2.24) is 0 Å². The lowest BCUT2D eigenvalue weighted by Crippen LogP contribution is -1.86. The number of hydrogen-bond donors (Lipinski definition) is 0. The maximum absolute atomic E-state index is 6.05. The van der Waals surface area contributed by atoms with Gasteiger partial charge in [0.1, 0.15) is 0 Å². The molecule has 0 saturated heterocycles. The van der Waals surface area contributed by atoms with Crippen molar-refractivity contribution in [2.45, 2.75) is 97.3 Å². The van der Waals surface area contributed by atoms with Crippen molar-refractivity contribution in [2.75, 3.05) is 0 Å². The van der Waals surface area contributed by atoms with E-state index in [1.807, 2.05) is 0 Å². The van der Waals surface area contributed by atoms with Gasteiger partial charge in [-0.3, -0.25) is 0 Å². The van der Waals surface area contributed by atoms with E-state index in [0.717, 1.165) is 0 Å². The Balaban J connectivity index is 3.12. The summed E-state index contributed by atoms with van der Waals surface area (Å²) in [4.78, 5) is 0. The first-order valence-corrected chi connectivity index (χ1v) is 7.91. The Hall–Kier alpha value is -0.260. The number of hydrogen-bond acceptors (Lipinski definition) is 0. The molecule has 0 aromatic carbocycles. The molecular weight excluding hydrogens is 204 g/mol. The highest BCUT2D eigenvalue weighted by Gasteiger charge is 1.96. The predicted molar refractivity (Wildman–Crippen MR) is 79.2 cm³/mol. The zero-order chi connectivity index (χ0) is 12.8. The van der Waals surface area contributed by atoms with Gasteiger partial charge in [0.2, 0.25) is 0 Å². The maximum Gasteiger partial charge on any atom is -0.0317 e. The molecule has 0 bridgehead atoms. The summed E-state index contributed by atoms with van der Waals surface area (Å²) >= 11 is 0. The zero-order valence-corrected chi connectivity index (χ0v) is 12.3. The molecular formula is C17H33. The summed E-state index contributed by atoms with van der Waals surface area (Å²) < 4.78 is 0. The first-order chi connectivity index (χ1) is 8.31. The fourth-order valence-electron chi connectivity index (χ4n) is 2.21. The van der Waals surface area contributed by atoms with Gasteiger partial charge in [0.05, 0.1) is 0 Å². The number of unbranched alkanes of at least 4 members (excludes halogenated alkanes) is 9. The van der Waals surface area contributed by atoms with Crippen LogP contribution in [0.25, 0.3) is 0 Å².